The summed E-state index contributed by atoms with van der Waals surface area (Å²) in [5.41, 5.74) is 1.11. The Balaban J connectivity index is 1.80. The first kappa shape index (κ1) is 21.4. The highest BCUT2D eigenvalue weighted by Crippen LogP contribution is 2.27. The number of nitrogens with one attached hydrogen (secondary N) is 2. The molecule has 2 N–H and O–H groups in total. The second-order valence-electron chi connectivity index (χ2n) is 6.67. The number of hydrogen-bond donors (Lipinski definition) is 2. The highest BCUT2D eigenvalue weighted by molar-refractivity contribution is 6.10. The minimum atomic E-state index is -0.329. The third-order valence-corrected chi connectivity index (χ3v) is 4.71. The van der Waals surface area contributed by atoms with Gasteiger partial charge in [-0.1, -0.05) is 12.1 Å². The average molecular weight is 413 g/mol. The van der Waals surface area contributed by atoms with E-state index in [9.17, 15) is 4.79 Å². The lowest BCUT2D eigenvalue weighted by atomic mass is 10.2. The number of benzene rings is 2. The molecule has 3 rings (SSSR count). The van der Waals surface area contributed by atoms with Gasteiger partial charge in [0.15, 0.2) is 11.5 Å². The first-order valence-electron chi connectivity index (χ1n) is 9.74. The molecular weight excluding hydrogens is 386 g/mol. The van der Waals surface area contributed by atoms with E-state index in [1.807, 2.05) is 24.3 Å². The van der Waals surface area contributed by atoms with Gasteiger partial charge in [0, 0.05) is 12.2 Å². The quantitative estimate of drug-likeness (QED) is 0.536. The highest BCUT2D eigenvalue weighted by Gasteiger charge is 2.17. The van der Waals surface area contributed by atoms with Crippen molar-refractivity contribution in [2.45, 2.75) is 18.9 Å². The first-order valence-corrected chi connectivity index (χ1v) is 9.74. The Hall–Kier alpha value is -3.26. The predicted molar refractivity (Wildman–Crippen MR) is 115 cm³/mol. The van der Waals surface area contributed by atoms with Crippen molar-refractivity contribution in [3.63, 3.8) is 0 Å². The molecule has 0 saturated carbocycles. The molecule has 1 unspecified atom stereocenters. The van der Waals surface area contributed by atoms with Crippen LogP contribution in [0.1, 0.15) is 23.2 Å². The maximum Gasteiger partial charge on any atom is 0.258 e. The van der Waals surface area contributed by atoms with Crippen molar-refractivity contribution in [3.05, 3.63) is 48.0 Å². The van der Waals surface area contributed by atoms with E-state index in [4.69, 9.17) is 18.9 Å². The molecule has 0 aliphatic carbocycles. The van der Waals surface area contributed by atoms with Crippen LogP contribution in [0.5, 0.6) is 17.2 Å². The number of amides is 1. The summed E-state index contributed by atoms with van der Waals surface area (Å²) < 4.78 is 21.5. The van der Waals surface area contributed by atoms with Crippen LogP contribution in [0.4, 0.5) is 5.69 Å². The number of aliphatic imine (C=N–C) groups is 1. The van der Waals surface area contributed by atoms with Gasteiger partial charge in [0.25, 0.3) is 5.91 Å². The van der Waals surface area contributed by atoms with E-state index >= 15 is 0 Å². The van der Waals surface area contributed by atoms with Crippen LogP contribution in [0.25, 0.3) is 0 Å². The topological polar surface area (TPSA) is 90.4 Å². The maximum atomic E-state index is 12.9. The summed E-state index contributed by atoms with van der Waals surface area (Å²) in [5.74, 6) is 1.65. The number of para-hydroxylation sites is 2. The van der Waals surface area contributed by atoms with Crippen LogP contribution in [-0.4, -0.2) is 52.5 Å². The Kier molecular flexibility index (Phi) is 7.51. The molecule has 1 atom stereocenters. The number of anilines is 1. The largest absolute Gasteiger partial charge is 0.495 e. The van der Waals surface area contributed by atoms with Gasteiger partial charge >= 0.3 is 0 Å². The molecule has 1 aliphatic heterocycles. The first-order chi connectivity index (χ1) is 14.6. The Bertz CT molecular complexity index is 894. The van der Waals surface area contributed by atoms with Gasteiger partial charge in [-0.25, -0.2) is 4.99 Å². The van der Waals surface area contributed by atoms with Gasteiger partial charge in [-0.05, 0) is 43.2 Å². The lowest BCUT2D eigenvalue weighted by Crippen LogP contribution is -2.36. The summed E-state index contributed by atoms with van der Waals surface area (Å²) in [5, 5.41) is 5.99. The zero-order valence-corrected chi connectivity index (χ0v) is 17.4. The van der Waals surface area contributed by atoms with Crippen molar-refractivity contribution in [2.24, 2.45) is 4.99 Å². The number of guanidine groups is 1. The lowest BCUT2D eigenvalue weighted by Gasteiger charge is -2.16. The molecule has 1 amide bonds. The molecule has 30 heavy (non-hydrogen) atoms. The fourth-order valence-electron chi connectivity index (χ4n) is 3.12. The molecule has 0 aromatic heterocycles. The van der Waals surface area contributed by atoms with Crippen molar-refractivity contribution in [1.82, 2.24) is 5.32 Å². The standard InChI is InChI=1S/C22H27N3O5/c1-27-18-9-5-4-8-17(18)24-22(23-14-16-7-6-12-30-16)25-21(26)15-10-11-19(28-2)20(13-15)29-3/h4-5,8-11,13,16H,6-7,12,14H2,1-3H3,(H2,23,24,25,26). The zero-order chi connectivity index (χ0) is 21.3. The summed E-state index contributed by atoms with van der Waals surface area (Å²) in [7, 11) is 4.66. The Morgan fingerprint density at radius 1 is 1.07 bits per heavy atom. The van der Waals surface area contributed by atoms with Gasteiger partial charge < -0.3 is 24.3 Å². The molecule has 0 radical (unpaired) electrons. The van der Waals surface area contributed by atoms with E-state index in [-0.39, 0.29) is 12.0 Å². The normalized spacial score (nSPS) is 16.1. The second kappa shape index (κ2) is 10.5. The summed E-state index contributed by atoms with van der Waals surface area (Å²) in [4.78, 5) is 17.4. The second-order valence-corrected chi connectivity index (χ2v) is 6.67. The van der Waals surface area contributed by atoms with E-state index in [1.54, 1.807) is 32.4 Å². The molecule has 2 aromatic rings. The molecule has 1 heterocycles. The number of ether oxygens (including phenoxy) is 4. The molecule has 0 bridgehead atoms. The molecular formula is C22H27N3O5. The summed E-state index contributed by atoms with van der Waals surface area (Å²) in [6.07, 6.45) is 2.03. The monoisotopic (exact) mass is 413 g/mol. The average Bonchev–Trinajstić information content (AvgIpc) is 3.31. The lowest BCUT2D eigenvalue weighted by molar-refractivity contribution is 0.0975. The molecule has 1 fully saturated rings. The highest BCUT2D eigenvalue weighted by atomic mass is 16.5. The van der Waals surface area contributed by atoms with Crippen molar-refractivity contribution >= 4 is 17.6 Å². The van der Waals surface area contributed by atoms with Gasteiger partial charge in [-0.15, -0.1) is 0 Å². The Morgan fingerprint density at radius 2 is 1.83 bits per heavy atom. The van der Waals surface area contributed by atoms with Crippen LogP contribution in [0.3, 0.4) is 0 Å². The number of carbonyl (C=O) groups excluding carboxylic acids is 1. The van der Waals surface area contributed by atoms with E-state index < -0.39 is 0 Å². The molecule has 1 saturated heterocycles. The predicted octanol–water partition coefficient (Wildman–Crippen LogP) is 3.09. The van der Waals surface area contributed by atoms with Crippen LogP contribution >= 0.6 is 0 Å². The van der Waals surface area contributed by atoms with Crippen molar-refractivity contribution in [1.29, 1.82) is 0 Å². The van der Waals surface area contributed by atoms with Crippen molar-refractivity contribution in [2.75, 3.05) is 39.8 Å². The fourth-order valence-corrected chi connectivity index (χ4v) is 3.12. The van der Waals surface area contributed by atoms with E-state index in [0.29, 0.717) is 41.0 Å². The molecule has 8 heteroatoms. The minimum Gasteiger partial charge on any atom is -0.495 e. The fraction of sp³-hybridized carbons (Fsp3) is 0.364. The van der Waals surface area contributed by atoms with Gasteiger partial charge in [0.05, 0.1) is 39.7 Å². The summed E-state index contributed by atoms with van der Waals surface area (Å²) >= 11 is 0. The SMILES string of the molecule is COc1ccccc1NC(=NCC1CCCO1)NC(=O)c1ccc(OC)c(OC)c1. The zero-order valence-electron chi connectivity index (χ0n) is 17.4. The van der Waals surface area contributed by atoms with Crippen LogP contribution in [0.2, 0.25) is 0 Å². The summed E-state index contributed by atoms with van der Waals surface area (Å²) in [6, 6.07) is 12.4. The van der Waals surface area contributed by atoms with E-state index in [0.717, 1.165) is 19.4 Å². The Labute approximate surface area is 176 Å². The van der Waals surface area contributed by atoms with Gasteiger partial charge in [-0.2, -0.15) is 0 Å². The molecule has 160 valence electrons. The number of rotatable bonds is 7. The number of hydrogen-bond acceptors (Lipinski definition) is 6. The van der Waals surface area contributed by atoms with E-state index in [2.05, 4.69) is 15.6 Å². The van der Waals surface area contributed by atoms with E-state index in [1.165, 1.54) is 7.11 Å². The molecule has 8 nitrogen and oxygen atoms in total. The van der Waals surface area contributed by atoms with Gasteiger partial charge in [0.1, 0.15) is 5.75 Å². The van der Waals surface area contributed by atoms with Crippen LogP contribution in [0.15, 0.2) is 47.5 Å². The maximum absolute atomic E-state index is 12.9. The molecule has 2 aromatic carbocycles. The number of carbonyl (C=O) groups is 1. The Morgan fingerprint density at radius 3 is 2.53 bits per heavy atom. The molecule has 0 spiro atoms. The van der Waals surface area contributed by atoms with Crippen molar-refractivity contribution in [3.8, 4) is 17.2 Å². The third kappa shape index (κ3) is 5.42. The van der Waals surface area contributed by atoms with Crippen LogP contribution < -0.4 is 24.8 Å². The number of nitrogens with zero attached hydrogens (tertiary/aromatic N) is 1. The van der Waals surface area contributed by atoms with Gasteiger partial charge in [-0.3, -0.25) is 10.1 Å². The minimum absolute atomic E-state index is 0.0532. The van der Waals surface area contributed by atoms with Crippen LogP contribution in [-0.2, 0) is 4.74 Å². The molecule has 1 aliphatic rings. The van der Waals surface area contributed by atoms with Crippen molar-refractivity contribution < 1.29 is 23.7 Å². The number of methoxy groups -OCH3 is 3. The van der Waals surface area contributed by atoms with Gasteiger partial charge in [0.2, 0.25) is 5.96 Å². The summed E-state index contributed by atoms with van der Waals surface area (Å²) in [6.45, 7) is 1.19. The third-order valence-electron chi connectivity index (χ3n) is 4.71. The van der Waals surface area contributed by atoms with Crippen LogP contribution in [0, 0.1) is 0 Å². The smallest absolute Gasteiger partial charge is 0.258 e.